The number of rotatable bonds is 9. The number of ether oxygens (including phenoxy) is 2. The number of nitrogens with zero attached hydrogens (tertiary/aromatic N) is 6. The molecule has 0 aliphatic carbocycles. The highest BCUT2D eigenvalue weighted by Gasteiger charge is 2.16. The summed E-state index contributed by atoms with van der Waals surface area (Å²) in [7, 11) is 3.82. The van der Waals surface area contributed by atoms with Crippen LogP contribution in [0.2, 0.25) is 0 Å². The van der Waals surface area contributed by atoms with Gasteiger partial charge in [-0.2, -0.15) is 15.3 Å². The van der Waals surface area contributed by atoms with Crippen LogP contribution in [0.15, 0.2) is 24.4 Å². The van der Waals surface area contributed by atoms with Crippen LogP contribution in [0.25, 0.3) is 22.0 Å². The van der Waals surface area contributed by atoms with E-state index in [2.05, 4.69) is 69.2 Å². The van der Waals surface area contributed by atoms with Crippen LogP contribution in [0.4, 0.5) is 0 Å². The predicted molar refractivity (Wildman–Crippen MR) is 140 cm³/mol. The van der Waals surface area contributed by atoms with Crippen molar-refractivity contribution in [1.82, 2.24) is 29.1 Å². The molecule has 0 aliphatic rings. The van der Waals surface area contributed by atoms with Crippen LogP contribution in [-0.4, -0.2) is 42.3 Å². The fourth-order valence-electron chi connectivity index (χ4n) is 3.88. The zero-order chi connectivity index (χ0) is 23.5. The minimum Gasteiger partial charge on any atom is -0.475 e. The fourth-order valence-corrected chi connectivity index (χ4v) is 5.41. The Bertz CT molecular complexity index is 1330. The monoisotopic (exact) mass is 576 g/mol. The van der Waals surface area contributed by atoms with Gasteiger partial charge in [0, 0.05) is 19.5 Å². The van der Waals surface area contributed by atoms with E-state index in [1.165, 1.54) is 5.56 Å². The highest BCUT2D eigenvalue weighted by Crippen LogP contribution is 2.35. The Kier molecular flexibility index (Phi) is 7.37. The first-order valence-corrected chi connectivity index (χ1v) is 14.6. The van der Waals surface area contributed by atoms with Gasteiger partial charge in [-0.25, -0.2) is 9.13 Å². The zero-order valence-electron chi connectivity index (χ0n) is 19.1. The summed E-state index contributed by atoms with van der Waals surface area (Å²) in [6, 6.07) is 6.15. The molecule has 3 aromatic heterocycles. The van der Waals surface area contributed by atoms with Crippen molar-refractivity contribution < 1.29 is 9.47 Å². The van der Waals surface area contributed by atoms with Gasteiger partial charge in [0.25, 0.3) is 0 Å². The lowest BCUT2D eigenvalue weighted by Gasteiger charge is -2.10. The van der Waals surface area contributed by atoms with Crippen molar-refractivity contribution >= 4 is 39.3 Å². The van der Waals surface area contributed by atoms with Crippen LogP contribution >= 0.6 is 28.4 Å². The van der Waals surface area contributed by atoms with Crippen LogP contribution in [0.1, 0.15) is 29.6 Å². The number of terminal acetylenes is 1. The Hall–Kier alpha value is -2.41. The minimum atomic E-state index is 0.413. The molecular weight excluding hydrogens is 550 g/mol. The summed E-state index contributed by atoms with van der Waals surface area (Å²) in [5.41, 5.74) is 6.96. The van der Waals surface area contributed by atoms with Gasteiger partial charge in [0.2, 0.25) is 5.88 Å². The Morgan fingerprint density at radius 1 is 1.18 bits per heavy atom. The molecule has 0 saturated carbocycles. The van der Waals surface area contributed by atoms with Gasteiger partial charge in [-0.3, -0.25) is 4.68 Å². The Balaban J connectivity index is 1.46. The van der Waals surface area contributed by atoms with Crippen molar-refractivity contribution in [3.05, 3.63) is 47.0 Å². The molecule has 4 rings (SSSR count). The molecular formula is C23H26IN6O2P. The molecule has 1 aromatic carbocycles. The molecule has 8 nitrogen and oxygen atoms in total. The smallest absolute Gasteiger partial charge is 0.219 e. The maximum Gasteiger partial charge on any atom is 0.219 e. The van der Waals surface area contributed by atoms with Crippen molar-refractivity contribution in [3.63, 3.8) is 0 Å². The van der Waals surface area contributed by atoms with Gasteiger partial charge in [-0.1, -0.05) is 13.0 Å². The van der Waals surface area contributed by atoms with Crippen molar-refractivity contribution in [2.45, 2.75) is 26.9 Å². The second kappa shape index (κ2) is 10.2. The van der Waals surface area contributed by atoms with E-state index in [-0.39, 0.29) is 0 Å². The topological polar surface area (TPSA) is 71.9 Å². The molecule has 0 fully saturated rings. The third kappa shape index (κ3) is 4.65. The number of hydrogen-bond donors (Lipinski definition) is 0. The molecule has 0 spiro atoms. The number of aryl methyl sites for hydroxylation is 3. The molecule has 1 atom stereocenters. The molecule has 0 amide bonds. The lowest BCUT2D eigenvalue weighted by Crippen LogP contribution is -2.11. The van der Waals surface area contributed by atoms with Gasteiger partial charge < -0.3 is 9.47 Å². The van der Waals surface area contributed by atoms with E-state index in [4.69, 9.17) is 15.9 Å². The van der Waals surface area contributed by atoms with E-state index in [0.717, 1.165) is 39.8 Å². The predicted octanol–water partition coefficient (Wildman–Crippen LogP) is 4.41. The van der Waals surface area contributed by atoms with Gasteiger partial charge in [0.1, 0.15) is 12.3 Å². The van der Waals surface area contributed by atoms with Gasteiger partial charge in [-0.05, 0) is 64.6 Å². The third-order valence-electron chi connectivity index (χ3n) is 5.66. The van der Waals surface area contributed by atoms with E-state index >= 15 is 0 Å². The Morgan fingerprint density at radius 2 is 2.00 bits per heavy atom. The first-order chi connectivity index (χ1) is 16.0. The molecule has 0 N–H and O–H groups in total. The normalized spacial score (nSPS) is 11.6. The van der Waals surface area contributed by atoms with E-state index in [1.54, 1.807) is 4.68 Å². The third-order valence-corrected chi connectivity index (χ3v) is 7.53. The molecule has 0 saturated heterocycles. The first-order valence-electron chi connectivity index (χ1n) is 10.6. The van der Waals surface area contributed by atoms with Gasteiger partial charge >= 0.3 is 0 Å². The van der Waals surface area contributed by atoms with Crippen LogP contribution in [0.3, 0.4) is 0 Å². The molecule has 172 valence electrons. The zero-order valence-corrected chi connectivity index (χ0v) is 22.3. The molecule has 1 unspecified atom stereocenters. The van der Waals surface area contributed by atoms with Crippen molar-refractivity contribution in [3.8, 4) is 29.4 Å². The van der Waals surface area contributed by atoms with Crippen molar-refractivity contribution in [1.29, 1.82) is 0 Å². The maximum absolute atomic E-state index is 6.07. The van der Waals surface area contributed by atoms with Gasteiger partial charge in [-0.15, -0.1) is 6.42 Å². The maximum atomic E-state index is 6.07. The molecule has 4 aromatic rings. The largest absolute Gasteiger partial charge is 0.475 e. The Labute approximate surface area is 208 Å². The fraction of sp³-hybridized carbons (Fsp3) is 0.348. The lowest BCUT2D eigenvalue weighted by molar-refractivity contribution is 0.0822. The van der Waals surface area contributed by atoms with Crippen molar-refractivity contribution in [2.75, 3.05) is 13.2 Å². The number of benzene rings is 1. The average Bonchev–Trinajstić information content (AvgIpc) is 3.46. The van der Waals surface area contributed by atoms with Crippen molar-refractivity contribution in [2.24, 2.45) is 14.1 Å². The number of aromatic nitrogens is 6. The first kappa shape index (κ1) is 23.7. The van der Waals surface area contributed by atoms with E-state index < -0.39 is 0 Å². The number of halogens is 1. The van der Waals surface area contributed by atoms with Gasteiger partial charge in [0.15, 0.2) is 0 Å². The van der Waals surface area contributed by atoms with Gasteiger partial charge in [0.05, 0.1) is 48.3 Å². The molecule has 10 heteroatoms. The molecule has 3 heterocycles. The average molecular weight is 576 g/mol. The number of fused-ring (bicyclic) bond motifs is 1. The second-order valence-corrected chi connectivity index (χ2v) is 9.64. The van der Waals surface area contributed by atoms with Crippen LogP contribution < -0.4 is 4.74 Å². The van der Waals surface area contributed by atoms with Crippen LogP contribution in [0.5, 0.6) is 5.88 Å². The minimum absolute atomic E-state index is 0.413. The summed E-state index contributed by atoms with van der Waals surface area (Å²) in [5.74, 6) is 3.38. The standard InChI is InChI=1S/C23H26IN6O2P/c1-6-19-15(3)22(28(4)26-19)14-31-10-11-32-23-18(13-25-29(23)5)16-8-9-21-17(12-16)20(7-2)27-30(21)33-24/h2,8-9,12-13,33H,6,10-11,14H2,1,3-5H3. The summed E-state index contributed by atoms with van der Waals surface area (Å²) in [4.78, 5) is 0. The second-order valence-electron chi connectivity index (χ2n) is 7.60. The van der Waals surface area contributed by atoms with E-state index in [9.17, 15) is 0 Å². The quantitative estimate of drug-likeness (QED) is 0.128. The van der Waals surface area contributed by atoms with E-state index in [1.807, 2.05) is 35.5 Å². The van der Waals surface area contributed by atoms with E-state index in [0.29, 0.717) is 37.8 Å². The molecule has 0 radical (unpaired) electrons. The lowest BCUT2D eigenvalue weighted by atomic mass is 10.1. The van der Waals surface area contributed by atoms with Crippen LogP contribution in [-0.2, 0) is 31.9 Å². The summed E-state index contributed by atoms with van der Waals surface area (Å²) >= 11 is 2.30. The summed E-state index contributed by atoms with van der Waals surface area (Å²) in [5, 5.41) is 14.4. The Morgan fingerprint density at radius 3 is 2.70 bits per heavy atom. The SMILES string of the molecule is C#Cc1nn(PI)c2ccc(-c3cnn(C)c3OCCOCc3c(C)c(CC)nn3C)cc12. The summed E-state index contributed by atoms with van der Waals surface area (Å²) in [6.45, 7) is 5.58. The summed E-state index contributed by atoms with van der Waals surface area (Å²) < 4.78 is 17.5. The highest BCUT2D eigenvalue weighted by atomic mass is 127. The number of hydrogen-bond acceptors (Lipinski definition) is 5. The molecule has 0 aliphatic heterocycles. The molecule has 0 bridgehead atoms. The summed E-state index contributed by atoms with van der Waals surface area (Å²) in [6.07, 6.45) is 8.89. The molecule has 33 heavy (non-hydrogen) atoms. The van der Waals surface area contributed by atoms with Crippen LogP contribution in [0, 0.1) is 19.3 Å². The highest BCUT2D eigenvalue weighted by molar-refractivity contribution is 14.2.